The number of hydrogen-bond acceptors (Lipinski definition) is 4. The van der Waals surface area contributed by atoms with E-state index in [4.69, 9.17) is 11.6 Å². The summed E-state index contributed by atoms with van der Waals surface area (Å²) < 4.78 is 1.91. The van der Waals surface area contributed by atoms with E-state index in [-0.39, 0.29) is 18.3 Å². The second-order valence-corrected chi connectivity index (χ2v) is 6.67. The maximum Gasteiger partial charge on any atom is 0.276 e. The Morgan fingerprint density at radius 3 is 2.60 bits per heavy atom. The van der Waals surface area contributed by atoms with Gasteiger partial charge in [0.25, 0.3) is 5.91 Å². The number of aromatic nitrogens is 3. The molecule has 1 fully saturated rings. The van der Waals surface area contributed by atoms with Crippen LogP contribution in [-0.2, 0) is 6.54 Å². The zero-order chi connectivity index (χ0) is 17.1. The zero-order valence-corrected chi connectivity index (χ0v) is 16.0. The molecule has 1 aromatic heterocycles. The Bertz CT molecular complexity index is 710. The van der Waals surface area contributed by atoms with Crippen molar-refractivity contribution in [2.45, 2.75) is 32.4 Å². The van der Waals surface area contributed by atoms with Gasteiger partial charge in [0.15, 0.2) is 5.69 Å². The van der Waals surface area contributed by atoms with Crippen LogP contribution in [0.25, 0.3) is 0 Å². The predicted octanol–water partition coefficient (Wildman–Crippen LogP) is 2.86. The minimum absolute atomic E-state index is 0. The van der Waals surface area contributed by atoms with Crippen LogP contribution < -0.4 is 5.32 Å². The van der Waals surface area contributed by atoms with E-state index in [1.807, 2.05) is 35.9 Å². The third kappa shape index (κ3) is 4.51. The monoisotopic (exact) mass is 383 g/mol. The number of halogens is 2. The molecule has 1 amide bonds. The van der Waals surface area contributed by atoms with Crippen LogP contribution in [0.1, 0.15) is 40.6 Å². The molecule has 1 aliphatic rings. The van der Waals surface area contributed by atoms with Crippen molar-refractivity contribution in [1.82, 2.24) is 25.2 Å². The zero-order valence-electron chi connectivity index (χ0n) is 14.4. The van der Waals surface area contributed by atoms with Gasteiger partial charge >= 0.3 is 0 Å². The van der Waals surface area contributed by atoms with Gasteiger partial charge in [-0.2, -0.15) is 0 Å². The van der Waals surface area contributed by atoms with Crippen LogP contribution in [0.4, 0.5) is 0 Å². The van der Waals surface area contributed by atoms with E-state index in [0.29, 0.717) is 23.3 Å². The number of piperidine rings is 1. The third-order valence-corrected chi connectivity index (χ3v) is 4.72. The molecule has 2 heterocycles. The quantitative estimate of drug-likeness (QED) is 0.881. The molecule has 25 heavy (non-hydrogen) atoms. The van der Waals surface area contributed by atoms with Crippen LogP contribution in [0, 0.1) is 6.92 Å². The number of hydrogen-bond donors (Lipinski definition) is 1. The highest BCUT2D eigenvalue weighted by Crippen LogP contribution is 2.21. The molecule has 0 bridgehead atoms. The van der Waals surface area contributed by atoms with E-state index in [1.165, 1.54) is 0 Å². The lowest BCUT2D eigenvalue weighted by Crippen LogP contribution is -2.30. The molecule has 1 aromatic carbocycles. The van der Waals surface area contributed by atoms with Gasteiger partial charge in [0, 0.05) is 18.6 Å². The van der Waals surface area contributed by atoms with Gasteiger partial charge in [-0.05, 0) is 50.6 Å². The molecule has 0 spiro atoms. The third-order valence-electron chi connectivity index (χ3n) is 4.46. The van der Waals surface area contributed by atoms with Crippen LogP contribution in [0.3, 0.4) is 0 Å². The minimum Gasteiger partial charge on any atom is -0.336 e. The summed E-state index contributed by atoms with van der Waals surface area (Å²) in [4.78, 5) is 14.4. The largest absolute Gasteiger partial charge is 0.336 e. The van der Waals surface area contributed by atoms with Crippen LogP contribution in [0.15, 0.2) is 24.3 Å². The lowest BCUT2D eigenvalue weighted by molar-refractivity contribution is 0.0778. The van der Waals surface area contributed by atoms with Gasteiger partial charge in [0.1, 0.15) is 0 Å². The SMILES string of the molecule is Cc1c(C(=O)N(C)Cc2ccc(Cl)cc2)nnn1C1CCNCC1.Cl. The molecule has 0 radical (unpaired) electrons. The molecule has 0 aliphatic carbocycles. The molecule has 136 valence electrons. The molecule has 0 unspecified atom stereocenters. The van der Waals surface area contributed by atoms with Crippen molar-refractivity contribution in [3.63, 3.8) is 0 Å². The molecule has 1 N–H and O–H groups in total. The molecule has 1 saturated heterocycles. The maximum absolute atomic E-state index is 12.7. The summed E-state index contributed by atoms with van der Waals surface area (Å²) >= 11 is 5.90. The highest BCUT2D eigenvalue weighted by Gasteiger charge is 2.24. The second kappa shape index (κ2) is 8.65. The maximum atomic E-state index is 12.7. The predicted molar refractivity (Wildman–Crippen MR) is 100 cm³/mol. The summed E-state index contributed by atoms with van der Waals surface area (Å²) in [7, 11) is 1.78. The Kier molecular flexibility index (Phi) is 6.81. The molecule has 8 heteroatoms. The summed E-state index contributed by atoms with van der Waals surface area (Å²) in [5, 5.41) is 12.4. The number of rotatable bonds is 4. The molecule has 0 saturated carbocycles. The number of carbonyl (C=O) groups excluding carboxylic acids is 1. The van der Waals surface area contributed by atoms with E-state index in [9.17, 15) is 4.79 Å². The van der Waals surface area contributed by atoms with Gasteiger partial charge in [-0.25, -0.2) is 4.68 Å². The van der Waals surface area contributed by atoms with E-state index in [1.54, 1.807) is 11.9 Å². The molecular weight excluding hydrogens is 361 g/mol. The molecule has 6 nitrogen and oxygen atoms in total. The summed E-state index contributed by atoms with van der Waals surface area (Å²) in [5.74, 6) is -0.109. The average Bonchev–Trinajstić information content (AvgIpc) is 2.98. The van der Waals surface area contributed by atoms with Gasteiger partial charge in [-0.1, -0.05) is 28.9 Å². The Morgan fingerprint density at radius 1 is 1.32 bits per heavy atom. The minimum atomic E-state index is -0.109. The number of amides is 1. The van der Waals surface area contributed by atoms with Gasteiger partial charge < -0.3 is 10.2 Å². The van der Waals surface area contributed by atoms with Gasteiger partial charge in [0.2, 0.25) is 0 Å². The fourth-order valence-corrected chi connectivity index (χ4v) is 3.18. The standard InChI is InChI=1S/C17H22ClN5O.ClH/c1-12-16(20-21-23(12)15-7-9-19-10-8-15)17(24)22(2)11-13-3-5-14(18)6-4-13;/h3-6,15,19H,7-11H2,1-2H3;1H. The Labute approximate surface area is 158 Å². The highest BCUT2D eigenvalue weighted by molar-refractivity contribution is 6.30. The van der Waals surface area contributed by atoms with Crippen molar-refractivity contribution in [2.24, 2.45) is 0 Å². The lowest BCUT2D eigenvalue weighted by atomic mass is 10.1. The molecule has 3 rings (SSSR count). The first-order valence-electron chi connectivity index (χ1n) is 8.18. The summed E-state index contributed by atoms with van der Waals surface area (Å²) in [6.07, 6.45) is 2.02. The number of benzene rings is 1. The number of nitrogens with one attached hydrogen (secondary N) is 1. The first kappa shape index (κ1) is 19.7. The topological polar surface area (TPSA) is 63.1 Å². The highest BCUT2D eigenvalue weighted by atomic mass is 35.5. The fraction of sp³-hybridized carbons (Fsp3) is 0.471. The summed E-state index contributed by atoms with van der Waals surface area (Å²) in [6.45, 7) is 4.38. The Morgan fingerprint density at radius 2 is 1.96 bits per heavy atom. The van der Waals surface area contributed by atoms with Crippen LogP contribution in [0.2, 0.25) is 5.02 Å². The Hall–Kier alpha value is -1.63. The fourth-order valence-electron chi connectivity index (χ4n) is 3.05. The summed E-state index contributed by atoms with van der Waals surface area (Å²) in [6, 6.07) is 7.82. The van der Waals surface area contributed by atoms with Gasteiger partial charge in [-0.15, -0.1) is 17.5 Å². The van der Waals surface area contributed by atoms with Crippen molar-refractivity contribution in [3.05, 3.63) is 46.2 Å². The number of carbonyl (C=O) groups is 1. The molecule has 1 aliphatic heterocycles. The second-order valence-electron chi connectivity index (χ2n) is 6.24. The van der Waals surface area contributed by atoms with Crippen LogP contribution >= 0.6 is 24.0 Å². The first-order chi connectivity index (χ1) is 11.6. The van der Waals surface area contributed by atoms with Gasteiger partial charge in [0.05, 0.1) is 11.7 Å². The summed E-state index contributed by atoms with van der Waals surface area (Å²) in [5.41, 5.74) is 2.30. The average molecular weight is 384 g/mol. The van der Waals surface area contributed by atoms with E-state index >= 15 is 0 Å². The van der Waals surface area contributed by atoms with E-state index in [2.05, 4.69) is 15.6 Å². The van der Waals surface area contributed by atoms with Crippen molar-refractivity contribution in [1.29, 1.82) is 0 Å². The first-order valence-corrected chi connectivity index (χ1v) is 8.56. The van der Waals surface area contributed by atoms with Crippen LogP contribution in [0.5, 0.6) is 0 Å². The molecular formula is C17H23Cl2N5O. The molecule has 0 atom stereocenters. The lowest BCUT2D eigenvalue weighted by Gasteiger charge is -2.23. The van der Waals surface area contributed by atoms with Crippen molar-refractivity contribution in [2.75, 3.05) is 20.1 Å². The molecule has 2 aromatic rings. The van der Waals surface area contributed by atoms with Crippen molar-refractivity contribution >= 4 is 29.9 Å². The van der Waals surface area contributed by atoms with E-state index in [0.717, 1.165) is 37.2 Å². The van der Waals surface area contributed by atoms with Crippen molar-refractivity contribution < 1.29 is 4.79 Å². The van der Waals surface area contributed by atoms with Crippen molar-refractivity contribution in [3.8, 4) is 0 Å². The Balaban J connectivity index is 0.00000225. The van der Waals surface area contributed by atoms with E-state index < -0.39 is 0 Å². The van der Waals surface area contributed by atoms with Crippen LogP contribution in [-0.4, -0.2) is 45.9 Å². The van der Waals surface area contributed by atoms with Gasteiger partial charge in [-0.3, -0.25) is 4.79 Å². The normalized spacial score (nSPS) is 14.8. The number of nitrogens with zero attached hydrogens (tertiary/aromatic N) is 4. The smallest absolute Gasteiger partial charge is 0.276 e.